The van der Waals surface area contributed by atoms with E-state index in [4.69, 9.17) is 16.3 Å². The largest absolute Gasteiger partial charge is 0.492 e. The minimum Gasteiger partial charge on any atom is -0.492 e. The Hall–Kier alpha value is -1.74. The predicted octanol–water partition coefficient (Wildman–Crippen LogP) is 3.97. The van der Waals surface area contributed by atoms with Gasteiger partial charge in [0.1, 0.15) is 18.2 Å². The molecule has 0 aliphatic heterocycles. The highest BCUT2D eigenvalue weighted by Crippen LogP contribution is 2.22. The van der Waals surface area contributed by atoms with Gasteiger partial charge in [-0.3, -0.25) is 0 Å². The van der Waals surface area contributed by atoms with Crippen molar-refractivity contribution in [2.24, 2.45) is 0 Å². The standard InChI is InChI=1S/C14H13ClFNO/c15-13-7-6-11(16)10-14(13)17-8-9-18-12-4-2-1-3-5-12/h1-7,10,17H,8-9H2. The van der Waals surface area contributed by atoms with Crippen LogP contribution in [0, 0.1) is 5.82 Å². The fourth-order valence-electron chi connectivity index (χ4n) is 1.50. The molecule has 0 aromatic heterocycles. The van der Waals surface area contributed by atoms with Crippen molar-refractivity contribution in [3.05, 3.63) is 59.4 Å². The summed E-state index contributed by atoms with van der Waals surface area (Å²) in [4.78, 5) is 0. The van der Waals surface area contributed by atoms with E-state index in [0.717, 1.165) is 5.75 Å². The third-order valence-electron chi connectivity index (χ3n) is 2.36. The molecule has 0 spiro atoms. The summed E-state index contributed by atoms with van der Waals surface area (Å²) in [6.07, 6.45) is 0. The quantitative estimate of drug-likeness (QED) is 0.826. The van der Waals surface area contributed by atoms with Gasteiger partial charge >= 0.3 is 0 Å². The molecule has 0 fully saturated rings. The SMILES string of the molecule is Fc1ccc(Cl)c(NCCOc2ccccc2)c1. The van der Waals surface area contributed by atoms with Crippen LogP contribution in [0.25, 0.3) is 0 Å². The van der Waals surface area contributed by atoms with Gasteiger partial charge in [0.15, 0.2) is 0 Å². The Balaban J connectivity index is 1.80. The number of hydrogen-bond acceptors (Lipinski definition) is 2. The van der Waals surface area contributed by atoms with Crippen LogP contribution >= 0.6 is 11.6 Å². The molecule has 0 saturated carbocycles. The second-order valence-electron chi connectivity index (χ2n) is 3.71. The van der Waals surface area contributed by atoms with Crippen LogP contribution in [0.1, 0.15) is 0 Å². The molecule has 0 atom stereocenters. The Morgan fingerprint density at radius 3 is 2.67 bits per heavy atom. The van der Waals surface area contributed by atoms with Crippen LogP contribution in [0.4, 0.5) is 10.1 Å². The number of halogens is 2. The van der Waals surface area contributed by atoms with Crippen LogP contribution in [-0.2, 0) is 0 Å². The lowest BCUT2D eigenvalue weighted by atomic mass is 10.3. The second-order valence-corrected chi connectivity index (χ2v) is 4.12. The molecule has 0 amide bonds. The van der Waals surface area contributed by atoms with E-state index >= 15 is 0 Å². The summed E-state index contributed by atoms with van der Waals surface area (Å²) < 4.78 is 18.5. The van der Waals surface area contributed by atoms with Crippen LogP contribution in [0.3, 0.4) is 0 Å². The monoisotopic (exact) mass is 265 g/mol. The van der Waals surface area contributed by atoms with Gasteiger partial charge in [-0.25, -0.2) is 4.39 Å². The van der Waals surface area contributed by atoms with Gasteiger partial charge in [-0.05, 0) is 30.3 Å². The first-order valence-electron chi connectivity index (χ1n) is 5.62. The molecule has 18 heavy (non-hydrogen) atoms. The molecule has 2 nitrogen and oxygen atoms in total. The van der Waals surface area contributed by atoms with Gasteiger partial charge in [-0.2, -0.15) is 0 Å². The number of rotatable bonds is 5. The number of nitrogens with one attached hydrogen (secondary N) is 1. The average molecular weight is 266 g/mol. The molecule has 4 heteroatoms. The van der Waals surface area contributed by atoms with Gasteiger partial charge in [0, 0.05) is 6.54 Å². The van der Waals surface area contributed by atoms with E-state index in [1.807, 2.05) is 30.3 Å². The Kier molecular flexibility index (Phi) is 4.42. The topological polar surface area (TPSA) is 21.3 Å². The van der Waals surface area contributed by atoms with Gasteiger partial charge in [-0.15, -0.1) is 0 Å². The van der Waals surface area contributed by atoms with Crippen molar-refractivity contribution in [2.45, 2.75) is 0 Å². The van der Waals surface area contributed by atoms with E-state index in [1.54, 1.807) is 0 Å². The average Bonchev–Trinajstić information content (AvgIpc) is 2.40. The fourth-order valence-corrected chi connectivity index (χ4v) is 1.69. The van der Waals surface area contributed by atoms with Gasteiger partial charge in [0.2, 0.25) is 0 Å². The molecule has 0 heterocycles. The summed E-state index contributed by atoms with van der Waals surface area (Å²) in [5, 5.41) is 3.52. The molecule has 2 aromatic carbocycles. The molecule has 2 aromatic rings. The second kappa shape index (κ2) is 6.26. The van der Waals surface area contributed by atoms with Crippen LogP contribution in [0.15, 0.2) is 48.5 Å². The molecule has 94 valence electrons. The predicted molar refractivity (Wildman–Crippen MR) is 71.8 cm³/mol. The Bertz CT molecular complexity index is 504. The minimum atomic E-state index is -0.314. The molecule has 2 rings (SSSR count). The van der Waals surface area contributed by atoms with Crippen molar-refractivity contribution in [3.63, 3.8) is 0 Å². The van der Waals surface area contributed by atoms with Gasteiger partial charge in [-0.1, -0.05) is 29.8 Å². The maximum atomic E-state index is 13.0. The van der Waals surface area contributed by atoms with E-state index in [-0.39, 0.29) is 5.82 Å². The molecule has 0 aliphatic rings. The summed E-state index contributed by atoms with van der Waals surface area (Å²) in [7, 11) is 0. The lowest BCUT2D eigenvalue weighted by Crippen LogP contribution is -2.11. The Morgan fingerprint density at radius 2 is 1.89 bits per heavy atom. The maximum Gasteiger partial charge on any atom is 0.125 e. The zero-order chi connectivity index (χ0) is 12.8. The van der Waals surface area contributed by atoms with Crippen molar-refractivity contribution in [3.8, 4) is 5.75 Å². The first-order valence-corrected chi connectivity index (χ1v) is 6.00. The van der Waals surface area contributed by atoms with E-state index in [2.05, 4.69) is 5.32 Å². The summed E-state index contributed by atoms with van der Waals surface area (Å²) in [5.41, 5.74) is 0.577. The first kappa shape index (κ1) is 12.7. The first-order chi connectivity index (χ1) is 8.75. The van der Waals surface area contributed by atoms with Crippen molar-refractivity contribution in [1.29, 1.82) is 0 Å². The highest BCUT2D eigenvalue weighted by atomic mass is 35.5. The minimum absolute atomic E-state index is 0.314. The molecule has 0 unspecified atom stereocenters. The van der Waals surface area contributed by atoms with Gasteiger partial charge in [0.25, 0.3) is 0 Å². The molecule has 0 saturated heterocycles. The van der Waals surface area contributed by atoms with Crippen LogP contribution < -0.4 is 10.1 Å². The molecule has 1 N–H and O–H groups in total. The summed E-state index contributed by atoms with van der Waals surface area (Å²) in [6.45, 7) is 1.04. The van der Waals surface area contributed by atoms with Crippen molar-refractivity contribution in [2.75, 3.05) is 18.5 Å². The fraction of sp³-hybridized carbons (Fsp3) is 0.143. The summed E-state index contributed by atoms with van der Waals surface area (Å²) >= 11 is 5.92. The van der Waals surface area contributed by atoms with E-state index in [9.17, 15) is 4.39 Å². The van der Waals surface area contributed by atoms with E-state index in [0.29, 0.717) is 23.9 Å². The van der Waals surface area contributed by atoms with Gasteiger partial charge in [0.05, 0.1) is 10.7 Å². The Labute approximate surface area is 110 Å². The number of ether oxygens (including phenoxy) is 1. The van der Waals surface area contributed by atoms with Crippen molar-refractivity contribution < 1.29 is 9.13 Å². The van der Waals surface area contributed by atoms with Crippen molar-refractivity contribution in [1.82, 2.24) is 0 Å². The maximum absolute atomic E-state index is 13.0. The van der Waals surface area contributed by atoms with Crippen LogP contribution in [0.5, 0.6) is 5.75 Å². The zero-order valence-corrected chi connectivity index (χ0v) is 10.5. The third kappa shape index (κ3) is 3.64. The lowest BCUT2D eigenvalue weighted by Gasteiger charge is -2.09. The third-order valence-corrected chi connectivity index (χ3v) is 2.69. The zero-order valence-electron chi connectivity index (χ0n) is 9.70. The van der Waals surface area contributed by atoms with Gasteiger partial charge < -0.3 is 10.1 Å². The number of hydrogen-bond donors (Lipinski definition) is 1. The molecule has 0 radical (unpaired) electrons. The molecule has 0 aliphatic carbocycles. The number of anilines is 1. The normalized spacial score (nSPS) is 10.1. The molecular formula is C14H13ClFNO. The number of para-hydroxylation sites is 1. The lowest BCUT2D eigenvalue weighted by molar-refractivity contribution is 0.333. The van der Waals surface area contributed by atoms with E-state index in [1.165, 1.54) is 18.2 Å². The van der Waals surface area contributed by atoms with E-state index < -0.39 is 0 Å². The highest BCUT2D eigenvalue weighted by Gasteiger charge is 2.01. The molecule has 0 bridgehead atoms. The highest BCUT2D eigenvalue weighted by molar-refractivity contribution is 6.33. The molecular weight excluding hydrogens is 253 g/mol. The smallest absolute Gasteiger partial charge is 0.125 e. The van der Waals surface area contributed by atoms with Crippen LogP contribution in [0.2, 0.25) is 5.02 Å². The van der Waals surface area contributed by atoms with Crippen LogP contribution in [-0.4, -0.2) is 13.2 Å². The van der Waals surface area contributed by atoms with Crippen molar-refractivity contribution >= 4 is 17.3 Å². The summed E-state index contributed by atoms with van der Waals surface area (Å²) in [6, 6.07) is 13.7. The Morgan fingerprint density at radius 1 is 1.11 bits per heavy atom. The summed E-state index contributed by atoms with van der Waals surface area (Å²) in [5.74, 6) is 0.496. The number of benzene rings is 2.